The topological polar surface area (TPSA) is 68.0 Å². The van der Waals surface area contributed by atoms with Crippen molar-refractivity contribution in [3.05, 3.63) is 47.5 Å². The number of carboxylic acid groups (broad SMARTS) is 1. The monoisotopic (exact) mass is 229 g/mol. The van der Waals surface area contributed by atoms with Crippen LogP contribution in [0.1, 0.15) is 21.7 Å². The Morgan fingerprint density at radius 2 is 2.12 bits per heavy atom. The Morgan fingerprint density at radius 3 is 2.76 bits per heavy atom. The number of aromatic carboxylic acids is 1. The van der Waals surface area contributed by atoms with Gasteiger partial charge in [0, 0.05) is 19.4 Å². The molecule has 0 fully saturated rings. The zero-order valence-electron chi connectivity index (χ0n) is 9.24. The van der Waals surface area contributed by atoms with E-state index < -0.39 is 5.97 Å². The number of aromatic nitrogens is 3. The average Bonchev–Trinajstić information content (AvgIpc) is 2.73. The summed E-state index contributed by atoms with van der Waals surface area (Å²) in [4.78, 5) is 14.8. The van der Waals surface area contributed by atoms with Crippen LogP contribution in [0.15, 0.2) is 30.6 Å². The number of rotatable bonds is 3. The smallest absolute Gasteiger partial charge is 0.335 e. The lowest BCUT2D eigenvalue weighted by molar-refractivity contribution is 0.0696. The van der Waals surface area contributed by atoms with Crippen molar-refractivity contribution in [1.82, 2.24) is 14.8 Å². The van der Waals surface area contributed by atoms with Gasteiger partial charge in [-0.2, -0.15) is 5.10 Å². The molecule has 0 saturated heterocycles. The molecule has 0 atom stereocenters. The minimum Gasteiger partial charge on any atom is -0.478 e. The zero-order chi connectivity index (χ0) is 12.3. The van der Waals surface area contributed by atoms with Crippen molar-refractivity contribution in [3.8, 4) is 0 Å². The number of carbonyl (C=O) groups is 1. The van der Waals surface area contributed by atoms with E-state index in [4.69, 9.17) is 5.11 Å². The number of pyridine rings is 1. The van der Waals surface area contributed by atoms with Crippen LogP contribution in [-0.4, -0.2) is 25.8 Å². The van der Waals surface area contributed by atoms with Gasteiger partial charge in [0.2, 0.25) is 0 Å². The predicted molar refractivity (Wildman–Crippen MR) is 63.3 cm³/mol. The summed E-state index contributed by atoms with van der Waals surface area (Å²) < 4.78 is 1.70. The molecule has 0 aliphatic heterocycles. The van der Waals surface area contributed by atoms with E-state index in [9.17, 15) is 4.79 Å². The third-order valence-electron chi connectivity index (χ3n) is 2.19. The van der Waals surface area contributed by atoms with Gasteiger partial charge in [-0.1, -0.05) is 0 Å². The zero-order valence-corrected chi connectivity index (χ0v) is 9.24. The highest BCUT2D eigenvalue weighted by Gasteiger charge is 2.02. The van der Waals surface area contributed by atoms with Crippen molar-refractivity contribution in [2.45, 2.75) is 0 Å². The first-order valence-electron chi connectivity index (χ1n) is 5.02. The fourth-order valence-electron chi connectivity index (χ4n) is 1.37. The molecule has 0 aliphatic carbocycles. The second-order valence-electron chi connectivity index (χ2n) is 3.52. The van der Waals surface area contributed by atoms with Crippen LogP contribution in [0.2, 0.25) is 0 Å². The minimum absolute atomic E-state index is 0.223. The fraction of sp³-hybridized carbons (Fsp3) is 0.0833. The average molecular weight is 229 g/mol. The number of carboxylic acids is 1. The molecule has 86 valence electrons. The lowest BCUT2D eigenvalue weighted by Gasteiger charge is -1.95. The van der Waals surface area contributed by atoms with E-state index in [-0.39, 0.29) is 5.56 Å². The van der Waals surface area contributed by atoms with Gasteiger partial charge in [-0.05, 0) is 30.4 Å². The molecule has 5 nitrogen and oxygen atoms in total. The maximum absolute atomic E-state index is 10.8. The van der Waals surface area contributed by atoms with E-state index in [1.165, 1.54) is 18.3 Å². The Balaban J connectivity index is 2.21. The first kappa shape index (κ1) is 11.1. The van der Waals surface area contributed by atoms with Crippen LogP contribution in [-0.2, 0) is 7.05 Å². The molecule has 2 heterocycles. The van der Waals surface area contributed by atoms with Crippen molar-refractivity contribution in [2.24, 2.45) is 7.05 Å². The molecule has 2 rings (SSSR count). The Morgan fingerprint density at radius 1 is 1.35 bits per heavy atom. The van der Waals surface area contributed by atoms with Gasteiger partial charge in [-0.3, -0.25) is 9.67 Å². The minimum atomic E-state index is -0.958. The molecule has 2 aromatic rings. The third-order valence-corrected chi connectivity index (χ3v) is 2.19. The molecule has 0 saturated carbocycles. The molecule has 0 spiro atoms. The summed E-state index contributed by atoms with van der Waals surface area (Å²) in [7, 11) is 1.83. The Kier molecular flexibility index (Phi) is 3.00. The summed E-state index contributed by atoms with van der Waals surface area (Å²) >= 11 is 0. The second-order valence-corrected chi connectivity index (χ2v) is 3.52. The highest BCUT2D eigenvalue weighted by atomic mass is 16.4. The van der Waals surface area contributed by atoms with Crippen molar-refractivity contribution >= 4 is 18.1 Å². The normalized spacial score (nSPS) is 10.9. The number of hydrogen-bond donors (Lipinski definition) is 1. The number of hydrogen-bond acceptors (Lipinski definition) is 3. The van der Waals surface area contributed by atoms with Crippen molar-refractivity contribution in [1.29, 1.82) is 0 Å². The molecule has 5 heteroatoms. The molecule has 0 unspecified atom stereocenters. The van der Waals surface area contributed by atoms with Crippen LogP contribution in [0.4, 0.5) is 0 Å². The highest BCUT2D eigenvalue weighted by molar-refractivity contribution is 5.88. The Bertz CT molecular complexity index is 573. The van der Waals surface area contributed by atoms with Gasteiger partial charge < -0.3 is 5.11 Å². The van der Waals surface area contributed by atoms with E-state index in [1.807, 2.05) is 19.3 Å². The lowest BCUT2D eigenvalue weighted by Crippen LogP contribution is -1.96. The van der Waals surface area contributed by atoms with E-state index >= 15 is 0 Å². The van der Waals surface area contributed by atoms with Crippen LogP contribution >= 0.6 is 0 Å². The molecule has 0 aromatic carbocycles. The Labute approximate surface area is 98.0 Å². The number of nitrogens with zero attached hydrogens (tertiary/aromatic N) is 3. The fourth-order valence-corrected chi connectivity index (χ4v) is 1.37. The van der Waals surface area contributed by atoms with Crippen LogP contribution in [0, 0.1) is 0 Å². The second kappa shape index (κ2) is 4.61. The first-order valence-corrected chi connectivity index (χ1v) is 5.02. The van der Waals surface area contributed by atoms with Crippen LogP contribution < -0.4 is 0 Å². The molecule has 0 aliphatic rings. The van der Waals surface area contributed by atoms with Gasteiger partial charge in [0.1, 0.15) is 0 Å². The molecule has 17 heavy (non-hydrogen) atoms. The molecule has 0 amide bonds. The SMILES string of the molecule is Cn1ccc(/C=C/c2cc(C(=O)O)ccn2)n1. The van der Waals surface area contributed by atoms with Crippen molar-refractivity contribution < 1.29 is 9.90 Å². The van der Waals surface area contributed by atoms with Crippen molar-refractivity contribution in [3.63, 3.8) is 0 Å². The van der Waals surface area contributed by atoms with E-state index in [2.05, 4.69) is 10.1 Å². The standard InChI is InChI=1S/C12H11N3O2/c1-15-7-5-10(14-15)2-3-11-8-9(12(16)17)4-6-13-11/h2-8H,1H3,(H,16,17)/b3-2+. The Hall–Kier alpha value is -2.43. The van der Waals surface area contributed by atoms with Gasteiger partial charge in [0.05, 0.1) is 17.0 Å². The summed E-state index contributed by atoms with van der Waals surface area (Å²) in [5.74, 6) is -0.958. The quantitative estimate of drug-likeness (QED) is 0.869. The van der Waals surface area contributed by atoms with Gasteiger partial charge in [0.15, 0.2) is 0 Å². The molecule has 0 radical (unpaired) electrons. The first-order chi connectivity index (χ1) is 8.15. The maximum atomic E-state index is 10.8. The summed E-state index contributed by atoms with van der Waals surface area (Å²) in [6, 6.07) is 4.83. The molecule has 0 bridgehead atoms. The lowest BCUT2D eigenvalue weighted by atomic mass is 10.2. The highest BCUT2D eigenvalue weighted by Crippen LogP contribution is 2.06. The summed E-state index contributed by atoms with van der Waals surface area (Å²) in [5.41, 5.74) is 1.62. The molecule has 1 N–H and O–H groups in total. The van der Waals surface area contributed by atoms with Gasteiger partial charge >= 0.3 is 5.97 Å². The van der Waals surface area contributed by atoms with Gasteiger partial charge in [-0.25, -0.2) is 4.79 Å². The molecular weight excluding hydrogens is 218 g/mol. The number of aryl methyl sites for hydroxylation is 1. The van der Waals surface area contributed by atoms with Crippen molar-refractivity contribution in [2.75, 3.05) is 0 Å². The third kappa shape index (κ3) is 2.78. The van der Waals surface area contributed by atoms with E-state index in [0.717, 1.165) is 5.69 Å². The predicted octanol–water partition coefficient (Wildman–Crippen LogP) is 1.68. The van der Waals surface area contributed by atoms with Crippen LogP contribution in [0.3, 0.4) is 0 Å². The van der Waals surface area contributed by atoms with Crippen LogP contribution in [0.25, 0.3) is 12.2 Å². The molecule has 2 aromatic heterocycles. The summed E-state index contributed by atoms with van der Waals surface area (Å²) in [6.07, 6.45) is 6.82. The maximum Gasteiger partial charge on any atom is 0.335 e. The van der Waals surface area contributed by atoms with Gasteiger partial charge in [0.25, 0.3) is 0 Å². The van der Waals surface area contributed by atoms with E-state index in [0.29, 0.717) is 5.69 Å². The molecular formula is C12H11N3O2. The van der Waals surface area contributed by atoms with Crippen LogP contribution in [0.5, 0.6) is 0 Å². The summed E-state index contributed by atoms with van der Waals surface area (Å²) in [5, 5.41) is 13.0. The van der Waals surface area contributed by atoms with E-state index in [1.54, 1.807) is 16.8 Å². The van der Waals surface area contributed by atoms with Gasteiger partial charge in [-0.15, -0.1) is 0 Å². The summed E-state index contributed by atoms with van der Waals surface area (Å²) in [6.45, 7) is 0. The largest absolute Gasteiger partial charge is 0.478 e.